The minimum Gasteiger partial charge on any atom is -0.356 e. The van der Waals surface area contributed by atoms with Crippen LogP contribution in [0.1, 0.15) is 32.3 Å². The van der Waals surface area contributed by atoms with Crippen LogP contribution < -0.4 is 10.6 Å². The van der Waals surface area contributed by atoms with Crippen molar-refractivity contribution in [3.63, 3.8) is 0 Å². The van der Waals surface area contributed by atoms with E-state index in [0.29, 0.717) is 13.0 Å². The predicted octanol–water partition coefficient (Wildman–Crippen LogP) is 3.27. The van der Waals surface area contributed by atoms with Crippen LogP contribution in [-0.4, -0.2) is 50.6 Å². The second-order valence-corrected chi connectivity index (χ2v) is 5.50. The van der Waals surface area contributed by atoms with Crippen molar-refractivity contribution in [2.24, 2.45) is 4.99 Å². The van der Waals surface area contributed by atoms with Gasteiger partial charge in [0, 0.05) is 20.1 Å². The molecule has 0 aliphatic heterocycles. The zero-order chi connectivity index (χ0) is 16.9. The van der Waals surface area contributed by atoms with Crippen LogP contribution in [-0.2, 0) is 6.42 Å². The Balaban J connectivity index is 0.00000529. The minimum atomic E-state index is -0.145. The maximum absolute atomic E-state index is 13.5. The molecule has 0 saturated carbocycles. The molecule has 6 heteroatoms. The molecule has 0 amide bonds. The highest BCUT2D eigenvalue weighted by molar-refractivity contribution is 14.0. The number of hydrogen-bond donors (Lipinski definition) is 2. The standard InChI is InChI=1S/C18H31FN4.HI/c1-4-23(5-2)15-9-8-13-21-18(20-3)22-14-12-16-10-6-7-11-17(16)19;/h6-7,10-11H,4-5,8-9,12-15H2,1-3H3,(H2,20,21,22);1H. The summed E-state index contributed by atoms with van der Waals surface area (Å²) in [4.78, 5) is 6.63. The number of hydrogen-bond acceptors (Lipinski definition) is 2. The molecule has 2 N–H and O–H groups in total. The van der Waals surface area contributed by atoms with Crippen LogP contribution >= 0.6 is 24.0 Å². The number of nitrogens with zero attached hydrogens (tertiary/aromatic N) is 2. The SMILES string of the molecule is CCN(CC)CCCCNC(=NC)NCCc1ccccc1F.I. The molecule has 0 fully saturated rings. The molecule has 138 valence electrons. The number of nitrogens with one attached hydrogen (secondary N) is 2. The van der Waals surface area contributed by atoms with Gasteiger partial charge in [0.15, 0.2) is 5.96 Å². The van der Waals surface area contributed by atoms with E-state index in [0.717, 1.165) is 44.1 Å². The third-order valence-electron chi connectivity index (χ3n) is 3.96. The maximum Gasteiger partial charge on any atom is 0.190 e. The number of guanidine groups is 1. The molecule has 4 nitrogen and oxygen atoms in total. The van der Waals surface area contributed by atoms with Crippen LogP contribution in [0, 0.1) is 5.82 Å². The molecular weight excluding hydrogens is 418 g/mol. The summed E-state index contributed by atoms with van der Waals surface area (Å²) in [5, 5.41) is 6.54. The maximum atomic E-state index is 13.5. The van der Waals surface area contributed by atoms with Gasteiger partial charge in [0.1, 0.15) is 5.82 Å². The van der Waals surface area contributed by atoms with E-state index in [9.17, 15) is 4.39 Å². The van der Waals surface area contributed by atoms with Gasteiger partial charge < -0.3 is 15.5 Å². The van der Waals surface area contributed by atoms with Crippen LogP contribution in [0.2, 0.25) is 0 Å². The van der Waals surface area contributed by atoms with Crippen molar-refractivity contribution in [3.8, 4) is 0 Å². The first-order valence-electron chi connectivity index (χ1n) is 8.61. The average molecular weight is 450 g/mol. The summed E-state index contributed by atoms with van der Waals surface area (Å²) in [5.74, 6) is 0.637. The predicted molar refractivity (Wildman–Crippen MR) is 112 cm³/mol. The number of aliphatic imine (C=N–C) groups is 1. The van der Waals surface area contributed by atoms with Crippen molar-refractivity contribution in [3.05, 3.63) is 35.6 Å². The van der Waals surface area contributed by atoms with Crippen molar-refractivity contribution in [2.45, 2.75) is 33.1 Å². The Kier molecular flexibility index (Phi) is 13.9. The van der Waals surface area contributed by atoms with Gasteiger partial charge in [-0.05, 0) is 50.5 Å². The summed E-state index contributed by atoms with van der Waals surface area (Å²) in [6.45, 7) is 9.34. The van der Waals surface area contributed by atoms with E-state index in [4.69, 9.17) is 0 Å². The van der Waals surface area contributed by atoms with Crippen molar-refractivity contribution in [1.82, 2.24) is 15.5 Å². The molecule has 0 aliphatic rings. The Morgan fingerprint density at radius 3 is 2.38 bits per heavy atom. The normalized spacial score (nSPS) is 11.3. The smallest absolute Gasteiger partial charge is 0.190 e. The topological polar surface area (TPSA) is 39.7 Å². The van der Waals surface area contributed by atoms with E-state index < -0.39 is 0 Å². The fraction of sp³-hybridized carbons (Fsp3) is 0.611. The summed E-state index contributed by atoms with van der Waals surface area (Å²) < 4.78 is 13.5. The second kappa shape index (κ2) is 14.5. The molecular formula is C18H32FIN4. The van der Waals surface area contributed by atoms with Crippen LogP contribution in [0.25, 0.3) is 0 Å². The molecule has 1 rings (SSSR count). The van der Waals surface area contributed by atoms with E-state index >= 15 is 0 Å². The molecule has 0 radical (unpaired) electrons. The van der Waals surface area contributed by atoms with Crippen molar-refractivity contribution < 1.29 is 4.39 Å². The van der Waals surface area contributed by atoms with E-state index in [2.05, 4.69) is 34.4 Å². The zero-order valence-corrected chi connectivity index (χ0v) is 17.5. The van der Waals surface area contributed by atoms with Crippen LogP contribution in [0.3, 0.4) is 0 Å². The lowest BCUT2D eigenvalue weighted by atomic mass is 10.1. The summed E-state index contributed by atoms with van der Waals surface area (Å²) in [5.41, 5.74) is 0.731. The fourth-order valence-electron chi connectivity index (χ4n) is 2.44. The van der Waals surface area contributed by atoms with Gasteiger partial charge in [-0.25, -0.2) is 4.39 Å². The van der Waals surface area contributed by atoms with Crippen LogP contribution in [0.5, 0.6) is 0 Å². The monoisotopic (exact) mass is 450 g/mol. The van der Waals surface area contributed by atoms with Crippen molar-refractivity contribution in [1.29, 1.82) is 0 Å². The third kappa shape index (κ3) is 9.42. The van der Waals surface area contributed by atoms with Gasteiger partial charge in [-0.1, -0.05) is 32.0 Å². The van der Waals surface area contributed by atoms with E-state index in [1.165, 1.54) is 12.5 Å². The molecule has 0 bridgehead atoms. The Morgan fingerprint density at radius 2 is 1.75 bits per heavy atom. The first-order valence-corrected chi connectivity index (χ1v) is 8.61. The van der Waals surface area contributed by atoms with E-state index in [1.54, 1.807) is 13.1 Å². The first kappa shape index (κ1) is 23.1. The Bertz CT molecular complexity index is 464. The van der Waals surface area contributed by atoms with Gasteiger partial charge in [-0.2, -0.15) is 0 Å². The minimum absolute atomic E-state index is 0. The van der Waals surface area contributed by atoms with Gasteiger partial charge in [0.2, 0.25) is 0 Å². The first-order chi connectivity index (χ1) is 11.2. The Morgan fingerprint density at radius 1 is 1.08 bits per heavy atom. The van der Waals surface area contributed by atoms with Crippen LogP contribution in [0.4, 0.5) is 4.39 Å². The quantitative estimate of drug-likeness (QED) is 0.249. The van der Waals surface area contributed by atoms with E-state index in [1.807, 2.05) is 12.1 Å². The molecule has 0 aromatic heterocycles. The number of halogens is 2. The van der Waals surface area contributed by atoms with Crippen molar-refractivity contribution in [2.75, 3.05) is 39.8 Å². The summed E-state index contributed by atoms with van der Waals surface area (Å²) in [7, 11) is 1.76. The largest absolute Gasteiger partial charge is 0.356 e. The van der Waals surface area contributed by atoms with Gasteiger partial charge in [-0.3, -0.25) is 4.99 Å². The molecule has 0 heterocycles. The van der Waals surface area contributed by atoms with Gasteiger partial charge in [0.25, 0.3) is 0 Å². The highest BCUT2D eigenvalue weighted by Gasteiger charge is 2.02. The van der Waals surface area contributed by atoms with Gasteiger partial charge in [-0.15, -0.1) is 24.0 Å². The fourth-order valence-corrected chi connectivity index (χ4v) is 2.44. The van der Waals surface area contributed by atoms with Crippen LogP contribution in [0.15, 0.2) is 29.3 Å². The van der Waals surface area contributed by atoms with Gasteiger partial charge in [0.05, 0.1) is 0 Å². The van der Waals surface area contributed by atoms with E-state index in [-0.39, 0.29) is 29.8 Å². The Hall–Kier alpha value is -0.890. The molecule has 0 saturated heterocycles. The highest BCUT2D eigenvalue weighted by atomic mass is 127. The highest BCUT2D eigenvalue weighted by Crippen LogP contribution is 2.06. The lowest BCUT2D eigenvalue weighted by Crippen LogP contribution is -2.39. The third-order valence-corrected chi connectivity index (χ3v) is 3.96. The zero-order valence-electron chi connectivity index (χ0n) is 15.1. The molecule has 1 aromatic rings. The van der Waals surface area contributed by atoms with Gasteiger partial charge >= 0.3 is 0 Å². The lowest BCUT2D eigenvalue weighted by molar-refractivity contribution is 0.297. The molecule has 24 heavy (non-hydrogen) atoms. The molecule has 0 aliphatic carbocycles. The number of unbranched alkanes of at least 4 members (excludes halogenated alkanes) is 1. The summed E-state index contributed by atoms with van der Waals surface area (Å²) >= 11 is 0. The Labute approximate surface area is 163 Å². The summed E-state index contributed by atoms with van der Waals surface area (Å²) in [6, 6.07) is 6.89. The average Bonchev–Trinajstić information content (AvgIpc) is 2.58. The molecule has 0 unspecified atom stereocenters. The second-order valence-electron chi connectivity index (χ2n) is 5.50. The molecule has 0 spiro atoms. The lowest BCUT2D eigenvalue weighted by Gasteiger charge is -2.18. The number of benzene rings is 1. The molecule has 1 aromatic carbocycles. The molecule has 0 atom stereocenters. The van der Waals surface area contributed by atoms with Crippen molar-refractivity contribution >= 4 is 29.9 Å². The number of rotatable bonds is 10. The summed E-state index contributed by atoms with van der Waals surface area (Å²) in [6.07, 6.45) is 2.95.